The monoisotopic (exact) mass is 492 g/mol. The van der Waals surface area contributed by atoms with Crippen LogP contribution in [0.3, 0.4) is 0 Å². The van der Waals surface area contributed by atoms with E-state index in [4.69, 9.17) is 9.47 Å². The van der Waals surface area contributed by atoms with Gasteiger partial charge in [-0.1, -0.05) is 0 Å². The summed E-state index contributed by atoms with van der Waals surface area (Å²) in [5, 5.41) is 0.764. The number of aryl methyl sites for hydroxylation is 2. The minimum Gasteiger partial charge on any atom is -0.479 e. The summed E-state index contributed by atoms with van der Waals surface area (Å²) in [6.07, 6.45) is 3.43. The van der Waals surface area contributed by atoms with Gasteiger partial charge in [0.25, 0.3) is 5.91 Å². The summed E-state index contributed by atoms with van der Waals surface area (Å²) in [4.78, 5) is 32.1. The van der Waals surface area contributed by atoms with Crippen LogP contribution in [0.2, 0.25) is 0 Å². The van der Waals surface area contributed by atoms with Crippen LogP contribution in [-0.4, -0.2) is 47.1 Å². The molecule has 1 saturated heterocycles. The maximum atomic E-state index is 14.5. The molecule has 0 bridgehead atoms. The number of anilines is 1. The van der Waals surface area contributed by atoms with Gasteiger partial charge in [-0.15, -0.1) is 0 Å². The molecule has 184 valence electrons. The smallest absolute Gasteiger partial charge is 0.331 e. The Kier molecular flexibility index (Phi) is 5.58. The van der Waals surface area contributed by atoms with E-state index in [1.807, 2.05) is 17.8 Å². The number of nitrogens with zero attached hydrogens (tertiary/aromatic N) is 4. The molecule has 3 heterocycles. The van der Waals surface area contributed by atoms with Crippen LogP contribution in [0.25, 0.3) is 22.0 Å². The predicted octanol–water partition coefficient (Wildman–Crippen LogP) is 5.03. The van der Waals surface area contributed by atoms with E-state index in [2.05, 4.69) is 4.98 Å². The van der Waals surface area contributed by atoms with E-state index in [-0.39, 0.29) is 24.0 Å². The van der Waals surface area contributed by atoms with Crippen LogP contribution < -0.4 is 14.4 Å². The van der Waals surface area contributed by atoms with E-state index < -0.39 is 17.7 Å². The molecule has 3 amide bonds. The molecule has 0 N–H and O–H groups in total. The number of ether oxygens (including phenoxy) is 2. The van der Waals surface area contributed by atoms with E-state index in [0.29, 0.717) is 33.8 Å². The maximum absolute atomic E-state index is 14.5. The number of carbonyl (C=O) groups excluding carboxylic acids is 2. The number of amides is 3. The SMILES string of the molecule is COc1nccc2c(-c3cc(N4C(=O)CN(C)C4=O)c(C)cc3Oc3ccc(F)cc3F)cn(C)c12. The fraction of sp³-hybridized carbons (Fsp3) is 0.192. The van der Waals surface area contributed by atoms with Gasteiger partial charge >= 0.3 is 6.03 Å². The molecule has 10 heteroatoms. The highest BCUT2D eigenvalue weighted by Crippen LogP contribution is 2.43. The number of carbonyl (C=O) groups is 2. The van der Waals surface area contributed by atoms with Gasteiger partial charge in [-0.3, -0.25) is 4.79 Å². The van der Waals surface area contributed by atoms with Gasteiger partial charge in [0.15, 0.2) is 11.6 Å². The average molecular weight is 492 g/mol. The maximum Gasteiger partial charge on any atom is 0.331 e. The molecule has 8 nitrogen and oxygen atoms in total. The second kappa shape index (κ2) is 8.63. The van der Waals surface area contributed by atoms with Crippen LogP contribution in [-0.2, 0) is 11.8 Å². The molecule has 0 radical (unpaired) electrons. The number of aromatic nitrogens is 2. The zero-order valence-corrected chi connectivity index (χ0v) is 20.0. The van der Waals surface area contributed by atoms with Gasteiger partial charge in [-0.25, -0.2) is 23.5 Å². The van der Waals surface area contributed by atoms with Crippen molar-refractivity contribution in [2.45, 2.75) is 6.92 Å². The van der Waals surface area contributed by atoms with Crippen molar-refractivity contribution in [1.82, 2.24) is 14.5 Å². The van der Waals surface area contributed by atoms with E-state index in [1.54, 1.807) is 38.4 Å². The normalized spacial score (nSPS) is 13.7. The average Bonchev–Trinajstić information content (AvgIpc) is 3.31. The van der Waals surface area contributed by atoms with Crippen molar-refractivity contribution in [1.29, 1.82) is 0 Å². The number of imide groups is 1. The first-order valence-electron chi connectivity index (χ1n) is 11.0. The molecule has 0 spiro atoms. The predicted molar refractivity (Wildman–Crippen MR) is 129 cm³/mol. The molecule has 1 aliphatic heterocycles. The number of likely N-dealkylation sites (N-methyl/N-ethyl adjacent to an activating group) is 1. The zero-order chi connectivity index (χ0) is 25.7. The van der Waals surface area contributed by atoms with Crippen molar-refractivity contribution >= 4 is 28.5 Å². The standard InChI is InChI=1S/C26H22F2N4O4/c1-14-9-22(36-21-6-5-15(27)10-19(21)28)17(11-20(14)32-23(33)13-31(3)26(32)34)18-12-30(2)24-16(18)7-8-29-25(24)35-4/h5-12H,13H2,1-4H3. The third-order valence-corrected chi connectivity index (χ3v) is 6.13. The molecule has 4 aromatic rings. The Labute approximate surface area is 205 Å². The van der Waals surface area contributed by atoms with Crippen LogP contribution in [0.4, 0.5) is 19.3 Å². The van der Waals surface area contributed by atoms with Crippen LogP contribution >= 0.6 is 0 Å². The Morgan fingerprint density at radius 3 is 2.44 bits per heavy atom. The van der Waals surface area contributed by atoms with Crippen LogP contribution in [0.5, 0.6) is 17.4 Å². The van der Waals surface area contributed by atoms with Crippen LogP contribution in [0.15, 0.2) is 48.8 Å². The Hall–Kier alpha value is -4.47. The molecule has 1 fully saturated rings. The number of hydrogen-bond donors (Lipinski definition) is 0. The molecule has 0 saturated carbocycles. The van der Waals surface area contributed by atoms with Crippen molar-refractivity contribution in [3.63, 3.8) is 0 Å². The highest BCUT2D eigenvalue weighted by Gasteiger charge is 2.36. The number of fused-ring (bicyclic) bond motifs is 1. The molecule has 36 heavy (non-hydrogen) atoms. The van der Waals surface area contributed by atoms with E-state index in [1.165, 1.54) is 18.1 Å². The van der Waals surface area contributed by atoms with E-state index in [9.17, 15) is 18.4 Å². The van der Waals surface area contributed by atoms with Gasteiger partial charge in [0.1, 0.15) is 23.6 Å². The number of rotatable bonds is 5. The summed E-state index contributed by atoms with van der Waals surface area (Å²) < 4.78 is 41.2. The first-order valence-corrected chi connectivity index (χ1v) is 11.0. The number of halogens is 2. The summed E-state index contributed by atoms with van der Waals surface area (Å²) in [5.74, 6) is -1.45. The first-order chi connectivity index (χ1) is 17.2. The topological polar surface area (TPSA) is 76.9 Å². The summed E-state index contributed by atoms with van der Waals surface area (Å²) in [6.45, 7) is 1.69. The van der Waals surface area contributed by atoms with E-state index in [0.717, 1.165) is 22.4 Å². The summed E-state index contributed by atoms with van der Waals surface area (Å²) >= 11 is 0. The van der Waals surface area contributed by atoms with E-state index >= 15 is 0 Å². The number of benzene rings is 2. The molecule has 0 atom stereocenters. The second-order valence-corrected chi connectivity index (χ2v) is 8.55. The van der Waals surface area contributed by atoms with Gasteiger partial charge in [-0.2, -0.15) is 0 Å². The number of urea groups is 1. The van der Waals surface area contributed by atoms with Crippen LogP contribution in [0.1, 0.15) is 5.56 Å². The van der Waals surface area contributed by atoms with Crippen molar-refractivity contribution < 1.29 is 27.8 Å². The lowest BCUT2D eigenvalue weighted by Crippen LogP contribution is -2.32. The molecule has 2 aromatic heterocycles. The fourth-order valence-corrected chi connectivity index (χ4v) is 4.42. The highest BCUT2D eigenvalue weighted by atomic mass is 19.1. The minimum atomic E-state index is -0.863. The first kappa shape index (κ1) is 23.3. The lowest BCUT2D eigenvalue weighted by atomic mass is 10.0. The van der Waals surface area contributed by atoms with Crippen molar-refractivity contribution in [3.05, 3.63) is 66.0 Å². The Balaban J connectivity index is 1.75. The number of hydrogen-bond acceptors (Lipinski definition) is 5. The number of pyridine rings is 1. The fourth-order valence-electron chi connectivity index (χ4n) is 4.42. The van der Waals surface area contributed by atoms with Gasteiger partial charge in [0.05, 0.1) is 12.8 Å². The molecule has 1 aliphatic rings. The van der Waals surface area contributed by atoms with Gasteiger partial charge in [0.2, 0.25) is 5.88 Å². The van der Waals surface area contributed by atoms with Crippen molar-refractivity contribution in [2.75, 3.05) is 25.6 Å². The highest BCUT2D eigenvalue weighted by molar-refractivity contribution is 6.20. The van der Waals surface area contributed by atoms with Crippen molar-refractivity contribution in [3.8, 4) is 28.5 Å². The lowest BCUT2D eigenvalue weighted by Gasteiger charge is -2.20. The zero-order valence-electron chi connectivity index (χ0n) is 20.0. The van der Waals surface area contributed by atoms with Crippen LogP contribution in [0, 0.1) is 18.6 Å². The molecular weight excluding hydrogens is 470 g/mol. The molecule has 0 aliphatic carbocycles. The molecule has 2 aromatic carbocycles. The molecule has 5 rings (SSSR count). The minimum absolute atomic E-state index is 0.0379. The van der Waals surface area contributed by atoms with Gasteiger partial charge < -0.3 is 18.9 Å². The number of methoxy groups -OCH3 is 1. The Morgan fingerprint density at radius 1 is 1.00 bits per heavy atom. The van der Waals surface area contributed by atoms with Gasteiger partial charge in [-0.05, 0) is 42.8 Å². The largest absolute Gasteiger partial charge is 0.479 e. The lowest BCUT2D eigenvalue weighted by molar-refractivity contribution is -0.116. The third kappa shape index (κ3) is 3.71. The summed E-state index contributed by atoms with van der Waals surface area (Å²) in [5.41, 5.74) is 2.83. The quantitative estimate of drug-likeness (QED) is 0.366. The Morgan fingerprint density at radius 2 is 1.78 bits per heavy atom. The van der Waals surface area contributed by atoms with Gasteiger partial charge in [0, 0.05) is 49.1 Å². The summed E-state index contributed by atoms with van der Waals surface area (Å²) in [6, 6.07) is 7.70. The Bertz CT molecular complexity index is 1550. The van der Waals surface area contributed by atoms with Crippen molar-refractivity contribution in [2.24, 2.45) is 7.05 Å². The summed E-state index contributed by atoms with van der Waals surface area (Å²) in [7, 11) is 4.90. The molecular formula is C26H22F2N4O4. The second-order valence-electron chi connectivity index (χ2n) is 8.55. The third-order valence-electron chi connectivity index (χ3n) is 6.13. The molecule has 0 unspecified atom stereocenters.